The third-order valence-corrected chi connectivity index (χ3v) is 2.88. The number of rotatable bonds is 3. The highest BCUT2D eigenvalue weighted by Gasteiger charge is 2.17. The first kappa shape index (κ1) is 13.4. The zero-order valence-electron chi connectivity index (χ0n) is 10.5. The van der Waals surface area contributed by atoms with Gasteiger partial charge in [-0.3, -0.25) is 9.89 Å². The number of aromatic amines is 1. The van der Waals surface area contributed by atoms with Crippen molar-refractivity contribution in [3.63, 3.8) is 0 Å². The molecule has 6 nitrogen and oxygen atoms in total. The minimum atomic E-state index is -0.302. The number of amides is 1. The fourth-order valence-electron chi connectivity index (χ4n) is 1.63. The highest BCUT2D eigenvalue weighted by molar-refractivity contribution is 6.33. The Morgan fingerprint density at radius 2 is 2.26 bits per heavy atom. The molecule has 2 aromatic rings. The largest absolute Gasteiger partial charge is 0.508 e. The molecular formula is C12H13ClN4O2. The zero-order chi connectivity index (χ0) is 14.0. The van der Waals surface area contributed by atoms with Crippen LogP contribution < -0.4 is 0 Å². The van der Waals surface area contributed by atoms with Gasteiger partial charge in [0, 0.05) is 7.05 Å². The molecule has 1 heterocycles. The highest BCUT2D eigenvalue weighted by Crippen LogP contribution is 2.22. The second-order valence-corrected chi connectivity index (χ2v) is 4.57. The fraction of sp³-hybridized carbons (Fsp3) is 0.250. The lowest BCUT2D eigenvalue weighted by atomic mass is 10.2. The molecule has 7 heteroatoms. The molecule has 19 heavy (non-hydrogen) atoms. The average Bonchev–Trinajstić information content (AvgIpc) is 2.77. The van der Waals surface area contributed by atoms with Gasteiger partial charge in [-0.1, -0.05) is 11.6 Å². The van der Waals surface area contributed by atoms with Crippen LogP contribution in [0.15, 0.2) is 18.2 Å². The predicted octanol–water partition coefficient (Wildman–Crippen LogP) is 1.74. The Bertz CT molecular complexity index is 612. The number of nitrogens with one attached hydrogen (secondary N) is 1. The molecule has 0 atom stereocenters. The minimum Gasteiger partial charge on any atom is -0.508 e. The van der Waals surface area contributed by atoms with E-state index in [1.54, 1.807) is 14.0 Å². The number of hydrogen-bond donors (Lipinski definition) is 2. The molecule has 0 aliphatic carbocycles. The number of phenolic OH excluding ortho intramolecular Hbond substituents is 1. The summed E-state index contributed by atoms with van der Waals surface area (Å²) in [5.41, 5.74) is 0.247. The molecule has 1 amide bonds. The van der Waals surface area contributed by atoms with Crippen LogP contribution in [0.1, 0.15) is 22.0 Å². The lowest BCUT2D eigenvalue weighted by Crippen LogP contribution is -2.27. The van der Waals surface area contributed by atoms with Gasteiger partial charge in [0.15, 0.2) is 5.82 Å². The second-order valence-electron chi connectivity index (χ2n) is 4.16. The van der Waals surface area contributed by atoms with Gasteiger partial charge in [-0.2, -0.15) is 5.10 Å². The smallest absolute Gasteiger partial charge is 0.255 e. The van der Waals surface area contributed by atoms with Crippen molar-refractivity contribution in [1.29, 1.82) is 0 Å². The summed E-state index contributed by atoms with van der Waals surface area (Å²) >= 11 is 5.95. The van der Waals surface area contributed by atoms with Crippen LogP contribution in [0, 0.1) is 6.92 Å². The van der Waals surface area contributed by atoms with Gasteiger partial charge in [-0.15, -0.1) is 0 Å². The summed E-state index contributed by atoms with van der Waals surface area (Å²) in [4.78, 5) is 17.8. The van der Waals surface area contributed by atoms with Gasteiger partial charge in [0.1, 0.15) is 11.6 Å². The molecule has 0 bridgehead atoms. The third-order valence-electron chi connectivity index (χ3n) is 2.55. The summed E-state index contributed by atoms with van der Waals surface area (Å²) in [5, 5.41) is 16.4. The topological polar surface area (TPSA) is 82.1 Å². The summed E-state index contributed by atoms with van der Waals surface area (Å²) in [6.07, 6.45) is 0. The molecule has 1 aromatic carbocycles. The first-order chi connectivity index (χ1) is 8.97. The second kappa shape index (κ2) is 5.27. The van der Waals surface area contributed by atoms with Crippen LogP contribution in [0.25, 0.3) is 0 Å². The third kappa shape index (κ3) is 3.03. The maximum absolute atomic E-state index is 12.2. The van der Waals surface area contributed by atoms with Gasteiger partial charge >= 0.3 is 0 Å². The summed E-state index contributed by atoms with van der Waals surface area (Å²) in [6.45, 7) is 2.04. The van der Waals surface area contributed by atoms with Gasteiger partial charge < -0.3 is 10.0 Å². The van der Waals surface area contributed by atoms with Crippen LogP contribution >= 0.6 is 11.6 Å². The number of aromatic hydroxyl groups is 1. The van der Waals surface area contributed by atoms with Crippen LogP contribution in [-0.4, -0.2) is 38.1 Å². The minimum absolute atomic E-state index is 0.00473. The number of carbonyl (C=O) groups is 1. The zero-order valence-corrected chi connectivity index (χ0v) is 11.3. The van der Waals surface area contributed by atoms with E-state index in [2.05, 4.69) is 15.2 Å². The maximum Gasteiger partial charge on any atom is 0.255 e. The average molecular weight is 281 g/mol. The van der Waals surface area contributed by atoms with Crippen LogP contribution in [0.4, 0.5) is 0 Å². The summed E-state index contributed by atoms with van der Waals surface area (Å²) in [7, 11) is 1.62. The Morgan fingerprint density at radius 1 is 1.53 bits per heavy atom. The van der Waals surface area contributed by atoms with Crippen molar-refractivity contribution in [1.82, 2.24) is 20.1 Å². The van der Waals surface area contributed by atoms with Crippen molar-refractivity contribution in [2.24, 2.45) is 0 Å². The number of aromatic nitrogens is 3. The predicted molar refractivity (Wildman–Crippen MR) is 70.0 cm³/mol. The van der Waals surface area contributed by atoms with E-state index in [1.807, 2.05) is 0 Å². The SMILES string of the molecule is Cc1nc(CN(C)C(=O)c2cc(O)ccc2Cl)n[nH]1. The number of phenols is 1. The number of carbonyl (C=O) groups excluding carboxylic acids is 1. The molecule has 0 saturated carbocycles. The Labute approximate surface area is 115 Å². The lowest BCUT2D eigenvalue weighted by Gasteiger charge is -2.16. The number of benzene rings is 1. The van der Waals surface area contributed by atoms with Crippen molar-refractivity contribution in [2.45, 2.75) is 13.5 Å². The highest BCUT2D eigenvalue weighted by atomic mass is 35.5. The van der Waals surface area contributed by atoms with Crippen molar-refractivity contribution in [3.8, 4) is 5.75 Å². The monoisotopic (exact) mass is 280 g/mol. The van der Waals surface area contributed by atoms with E-state index in [4.69, 9.17) is 11.6 Å². The van der Waals surface area contributed by atoms with Crippen molar-refractivity contribution >= 4 is 17.5 Å². The quantitative estimate of drug-likeness (QED) is 0.897. The van der Waals surface area contributed by atoms with E-state index >= 15 is 0 Å². The molecule has 1 aromatic heterocycles. The molecule has 100 valence electrons. The normalized spacial score (nSPS) is 10.5. The maximum atomic E-state index is 12.2. The van der Waals surface area contributed by atoms with E-state index in [-0.39, 0.29) is 23.8 Å². The molecule has 2 rings (SSSR count). The van der Waals surface area contributed by atoms with Gasteiger partial charge in [0.25, 0.3) is 5.91 Å². The van der Waals surface area contributed by atoms with Gasteiger partial charge in [-0.25, -0.2) is 4.98 Å². The Balaban J connectivity index is 2.16. The van der Waals surface area contributed by atoms with Crippen LogP contribution in [-0.2, 0) is 6.54 Å². The molecule has 0 fully saturated rings. The molecule has 0 aliphatic rings. The molecular weight excluding hydrogens is 268 g/mol. The molecule has 0 saturated heterocycles. The summed E-state index contributed by atoms with van der Waals surface area (Å²) in [5.74, 6) is 0.897. The molecule has 0 radical (unpaired) electrons. The summed E-state index contributed by atoms with van der Waals surface area (Å²) in [6, 6.07) is 4.25. The van der Waals surface area contributed by atoms with E-state index in [0.29, 0.717) is 16.7 Å². The number of H-pyrrole nitrogens is 1. The number of hydrogen-bond acceptors (Lipinski definition) is 4. The summed E-state index contributed by atoms with van der Waals surface area (Å²) < 4.78 is 0. The van der Waals surface area contributed by atoms with Crippen LogP contribution in [0.5, 0.6) is 5.75 Å². The lowest BCUT2D eigenvalue weighted by molar-refractivity contribution is 0.0781. The number of aryl methyl sites for hydroxylation is 1. The Hall–Kier alpha value is -2.08. The van der Waals surface area contributed by atoms with E-state index in [1.165, 1.54) is 23.1 Å². The van der Waals surface area contributed by atoms with Crippen LogP contribution in [0.3, 0.4) is 0 Å². The molecule has 0 unspecified atom stereocenters. The molecule has 2 N–H and O–H groups in total. The van der Waals surface area contributed by atoms with Crippen LogP contribution in [0.2, 0.25) is 5.02 Å². The Morgan fingerprint density at radius 3 is 2.89 bits per heavy atom. The number of nitrogens with zero attached hydrogens (tertiary/aromatic N) is 3. The van der Waals surface area contributed by atoms with Crippen molar-refractivity contribution < 1.29 is 9.90 Å². The standard InChI is InChI=1S/C12H13ClN4O2/c1-7-14-11(16-15-7)6-17(2)12(19)9-5-8(18)3-4-10(9)13/h3-5,18H,6H2,1-2H3,(H,14,15,16). The first-order valence-corrected chi connectivity index (χ1v) is 5.97. The Kier molecular flexibility index (Phi) is 3.71. The van der Waals surface area contributed by atoms with Gasteiger partial charge in [0.05, 0.1) is 17.1 Å². The number of halogens is 1. The molecule has 0 spiro atoms. The van der Waals surface area contributed by atoms with E-state index < -0.39 is 0 Å². The van der Waals surface area contributed by atoms with Crippen molar-refractivity contribution in [2.75, 3.05) is 7.05 Å². The van der Waals surface area contributed by atoms with Gasteiger partial charge in [-0.05, 0) is 25.1 Å². The van der Waals surface area contributed by atoms with E-state index in [9.17, 15) is 9.90 Å². The fourth-order valence-corrected chi connectivity index (χ4v) is 1.82. The first-order valence-electron chi connectivity index (χ1n) is 5.59. The van der Waals surface area contributed by atoms with Gasteiger partial charge in [0.2, 0.25) is 0 Å². The van der Waals surface area contributed by atoms with E-state index in [0.717, 1.165) is 0 Å². The van der Waals surface area contributed by atoms with Crippen molar-refractivity contribution in [3.05, 3.63) is 40.4 Å². The molecule has 0 aliphatic heterocycles.